The second-order valence-corrected chi connectivity index (χ2v) is 2.85. The molecule has 0 aliphatic carbocycles. The molecule has 0 aliphatic rings. The molecule has 1 heterocycles. The van der Waals surface area contributed by atoms with E-state index in [1.807, 2.05) is 13.8 Å². The maximum atomic E-state index is 10.6. The topological polar surface area (TPSA) is 59.4 Å². The maximum Gasteiger partial charge on any atom is 0.335 e. The molecule has 13 heavy (non-hydrogen) atoms. The minimum absolute atomic E-state index is 0.00320. The van der Waals surface area contributed by atoms with Gasteiger partial charge in [-0.25, -0.2) is 9.78 Å². The van der Waals surface area contributed by atoms with Gasteiger partial charge in [0.05, 0.1) is 11.7 Å². The average Bonchev–Trinajstić information content (AvgIpc) is 2.03. The highest BCUT2D eigenvalue weighted by Crippen LogP contribution is 2.10. The van der Waals surface area contributed by atoms with Crippen LogP contribution < -0.4 is 4.74 Å². The third-order valence-corrected chi connectivity index (χ3v) is 1.34. The van der Waals surface area contributed by atoms with Crippen LogP contribution in [0.25, 0.3) is 0 Å². The molecule has 0 fully saturated rings. The molecule has 1 aromatic rings. The molecule has 0 saturated carbocycles. The van der Waals surface area contributed by atoms with Crippen molar-refractivity contribution in [3.63, 3.8) is 0 Å². The lowest BCUT2D eigenvalue weighted by atomic mass is 10.3. The predicted octanol–water partition coefficient (Wildman–Crippen LogP) is 1.57. The molecule has 0 atom stereocenters. The van der Waals surface area contributed by atoms with E-state index < -0.39 is 5.97 Å². The van der Waals surface area contributed by atoms with Gasteiger partial charge in [-0.15, -0.1) is 0 Å². The third kappa shape index (κ3) is 2.74. The zero-order valence-electron chi connectivity index (χ0n) is 7.52. The van der Waals surface area contributed by atoms with Gasteiger partial charge in [0.1, 0.15) is 0 Å². The first-order chi connectivity index (χ1) is 6.09. The molecule has 0 unspecified atom stereocenters. The highest BCUT2D eigenvalue weighted by atomic mass is 16.5. The molecule has 1 N–H and O–H groups in total. The van der Waals surface area contributed by atoms with Crippen LogP contribution >= 0.6 is 0 Å². The molecule has 0 spiro atoms. The number of pyridine rings is 1. The molecule has 4 nitrogen and oxygen atoms in total. The standard InChI is InChI=1S/C9H11NO3/c1-6(2)13-8-5-7(9(11)12)3-4-10-8/h3-6H,1-2H3,(H,11,12). The van der Waals surface area contributed by atoms with Crippen LogP contribution in [0.15, 0.2) is 18.3 Å². The summed E-state index contributed by atoms with van der Waals surface area (Å²) in [6, 6.07) is 2.83. The molecule has 0 aromatic carbocycles. The minimum Gasteiger partial charge on any atom is -0.478 e. The summed E-state index contributed by atoms with van der Waals surface area (Å²) in [6.07, 6.45) is 1.41. The van der Waals surface area contributed by atoms with Crippen molar-refractivity contribution >= 4 is 5.97 Å². The SMILES string of the molecule is CC(C)Oc1cc(C(=O)O)ccn1. The van der Waals surface area contributed by atoms with E-state index >= 15 is 0 Å². The summed E-state index contributed by atoms with van der Waals surface area (Å²) >= 11 is 0. The Morgan fingerprint density at radius 1 is 1.62 bits per heavy atom. The Hall–Kier alpha value is -1.58. The fourth-order valence-corrected chi connectivity index (χ4v) is 0.848. The average molecular weight is 181 g/mol. The Balaban J connectivity index is 2.85. The van der Waals surface area contributed by atoms with Crippen LogP contribution in [0.1, 0.15) is 24.2 Å². The van der Waals surface area contributed by atoms with Gasteiger partial charge in [-0.1, -0.05) is 0 Å². The van der Waals surface area contributed by atoms with E-state index in [0.717, 1.165) is 0 Å². The van der Waals surface area contributed by atoms with E-state index in [4.69, 9.17) is 9.84 Å². The molecular formula is C9H11NO3. The number of carboxylic acid groups (broad SMARTS) is 1. The molecule has 0 radical (unpaired) electrons. The van der Waals surface area contributed by atoms with Crippen molar-refractivity contribution in [2.45, 2.75) is 20.0 Å². The maximum absolute atomic E-state index is 10.6. The molecule has 4 heteroatoms. The second-order valence-electron chi connectivity index (χ2n) is 2.85. The summed E-state index contributed by atoms with van der Waals surface area (Å²) in [7, 11) is 0. The molecule has 0 aliphatic heterocycles. The van der Waals surface area contributed by atoms with E-state index in [0.29, 0.717) is 5.88 Å². The van der Waals surface area contributed by atoms with Crippen molar-refractivity contribution in [1.29, 1.82) is 0 Å². The zero-order valence-corrected chi connectivity index (χ0v) is 7.52. The van der Waals surface area contributed by atoms with Crippen molar-refractivity contribution < 1.29 is 14.6 Å². The van der Waals surface area contributed by atoms with Gasteiger partial charge in [0.25, 0.3) is 0 Å². The number of nitrogens with zero attached hydrogens (tertiary/aromatic N) is 1. The zero-order chi connectivity index (χ0) is 9.84. The van der Waals surface area contributed by atoms with Gasteiger partial charge in [0.2, 0.25) is 5.88 Å². The molecule has 0 amide bonds. The van der Waals surface area contributed by atoms with E-state index in [-0.39, 0.29) is 11.7 Å². The smallest absolute Gasteiger partial charge is 0.335 e. The first-order valence-electron chi connectivity index (χ1n) is 3.95. The largest absolute Gasteiger partial charge is 0.478 e. The summed E-state index contributed by atoms with van der Waals surface area (Å²) in [5.41, 5.74) is 0.186. The normalized spacial score (nSPS) is 10.1. The van der Waals surface area contributed by atoms with Gasteiger partial charge in [-0.05, 0) is 19.9 Å². The first kappa shape index (κ1) is 9.51. The third-order valence-electron chi connectivity index (χ3n) is 1.34. The Kier molecular flexibility index (Phi) is 2.84. The van der Waals surface area contributed by atoms with Crippen LogP contribution in [-0.2, 0) is 0 Å². The molecule has 1 rings (SSSR count). The van der Waals surface area contributed by atoms with Crippen molar-refractivity contribution in [3.8, 4) is 5.88 Å². The highest BCUT2D eigenvalue weighted by Gasteiger charge is 2.05. The predicted molar refractivity (Wildman–Crippen MR) is 47.0 cm³/mol. The van der Waals surface area contributed by atoms with Gasteiger partial charge in [-0.2, -0.15) is 0 Å². The molecule has 1 aromatic heterocycles. The van der Waals surface area contributed by atoms with E-state index in [1.54, 1.807) is 0 Å². The summed E-state index contributed by atoms with van der Waals surface area (Å²) in [5, 5.41) is 8.66. The van der Waals surface area contributed by atoms with Crippen molar-refractivity contribution in [2.75, 3.05) is 0 Å². The monoisotopic (exact) mass is 181 g/mol. The van der Waals surface area contributed by atoms with Crippen molar-refractivity contribution in [2.24, 2.45) is 0 Å². The number of carboxylic acids is 1. The molecule has 0 bridgehead atoms. The quantitative estimate of drug-likeness (QED) is 0.768. The number of hydrogen-bond acceptors (Lipinski definition) is 3. The number of aromatic carboxylic acids is 1. The van der Waals surface area contributed by atoms with Crippen LogP contribution in [0, 0.1) is 0 Å². The van der Waals surface area contributed by atoms with Gasteiger partial charge < -0.3 is 9.84 Å². The number of carbonyl (C=O) groups is 1. The fraction of sp³-hybridized carbons (Fsp3) is 0.333. The van der Waals surface area contributed by atoms with Crippen molar-refractivity contribution in [3.05, 3.63) is 23.9 Å². The summed E-state index contributed by atoms with van der Waals surface area (Å²) in [4.78, 5) is 14.4. The Morgan fingerprint density at radius 2 is 2.31 bits per heavy atom. The van der Waals surface area contributed by atoms with Gasteiger partial charge in [-0.3, -0.25) is 0 Å². The number of aromatic nitrogens is 1. The number of rotatable bonds is 3. The Labute approximate surface area is 76.2 Å². The molecule has 0 saturated heterocycles. The number of hydrogen-bond donors (Lipinski definition) is 1. The lowest BCUT2D eigenvalue weighted by Crippen LogP contribution is -2.07. The van der Waals surface area contributed by atoms with E-state index in [2.05, 4.69) is 4.98 Å². The van der Waals surface area contributed by atoms with Gasteiger partial charge in [0.15, 0.2) is 0 Å². The lowest BCUT2D eigenvalue weighted by Gasteiger charge is -2.07. The summed E-state index contributed by atoms with van der Waals surface area (Å²) < 4.78 is 5.23. The van der Waals surface area contributed by atoms with E-state index in [9.17, 15) is 4.79 Å². The van der Waals surface area contributed by atoms with Crippen molar-refractivity contribution in [1.82, 2.24) is 4.98 Å². The van der Waals surface area contributed by atoms with Gasteiger partial charge in [0, 0.05) is 12.3 Å². The van der Waals surface area contributed by atoms with Crippen LogP contribution in [0.2, 0.25) is 0 Å². The molecule has 70 valence electrons. The molecular weight excluding hydrogens is 170 g/mol. The minimum atomic E-state index is -0.976. The Morgan fingerprint density at radius 3 is 2.85 bits per heavy atom. The van der Waals surface area contributed by atoms with Crippen LogP contribution in [0.4, 0.5) is 0 Å². The van der Waals surface area contributed by atoms with Crippen LogP contribution in [-0.4, -0.2) is 22.2 Å². The lowest BCUT2D eigenvalue weighted by molar-refractivity contribution is 0.0695. The first-order valence-corrected chi connectivity index (χ1v) is 3.95. The fourth-order valence-electron chi connectivity index (χ4n) is 0.848. The summed E-state index contributed by atoms with van der Waals surface area (Å²) in [5.74, 6) is -0.633. The number of ether oxygens (including phenoxy) is 1. The highest BCUT2D eigenvalue weighted by molar-refractivity contribution is 5.87. The Bertz CT molecular complexity index is 309. The second kappa shape index (κ2) is 3.89. The summed E-state index contributed by atoms with van der Waals surface area (Å²) in [6.45, 7) is 3.71. The van der Waals surface area contributed by atoms with E-state index in [1.165, 1.54) is 18.3 Å². The van der Waals surface area contributed by atoms with Gasteiger partial charge >= 0.3 is 5.97 Å². The van der Waals surface area contributed by atoms with Crippen LogP contribution in [0.5, 0.6) is 5.88 Å². The van der Waals surface area contributed by atoms with Crippen LogP contribution in [0.3, 0.4) is 0 Å².